The lowest BCUT2D eigenvalue weighted by molar-refractivity contribution is 0.513. The molecular formula is C11H11N5O. The van der Waals surface area contributed by atoms with E-state index in [1.54, 1.807) is 12.5 Å². The van der Waals surface area contributed by atoms with Gasteiger partial charge in [0.05, 0.1) is 17.8 Å². The van der Waals surface area contributed by atoms with E-state index in [4.69, 9.17) is 4.42 Å². The number of H-pyrrole nitrogens is 1. The van der Waals surface area contributed by atoms with Gasteiger partial charge in [-0.2, -0.15) is 5.10 Å². The first-order valence-corrected chi connectivity index (χ1v) is 5.34. The van der Waals surface area contributed by atoms with E-state index in [-0.39, 0.29) is 0 Å². The van der Waals surface area contributed by atoms with Crippen molar-refractivity contribution < 1.29 is 4.42 Å². The Labute approximate surface area is 97.1 Å². The van der Waals surface area contributed by atoms with Crippen molar-refractivity contribution in [2.45, 2.75) is 6.42 Å². The summed E-state index contributed by atoms with van der Waals surface area (Å²) in [5, 5.41) is 10.9. The Bertz CT molecular complexity index is 601. The molecule has 0 aromatic carbocycles. The van der Waals surface area contributed by atoms with Crippen LogP contribution in [0.5, 0.6) is 0 Å². The van der Waals surface area contributed by atoms with Crippen LogP contribution in [-0.2, 0) is 6.42 Å². The molecular weight excluding hydrogens is 218 g/mol. The van der Waals surface area contributed by atoms with Crippen molar-refractivity contribution in [3.8, 4) is 0 Å². The molecule has 0 aliphatic heterocycles. The van der Waals surface area contributed by atoms with Crippen LogP contribution in [0.3, 0.4) is 0 Å². The summed E-state index contributed by atoms with van der Waals surface area (Å²) >= 11 is 0. The molecule has 0 unspecified atom stereocenters. The van der Waals surface area contributed by atoms with Gasteiger partial charge in [-0.05, 0) is 12.1 Å². The second kappa shape index (κ2) is 4.25. The van der Waals surface area contributed by atoms with Gasteiger partial charge >= 0.3 is 0 Å². The normalized spacial score (nSPS) is 10.8. The van der Waals surface area contributed by atoms with E-state index in [0.717, 1.165) is 35.6 Å². The van der Waals surface area contributed by atoms with Crippen molar-refractivity contribution >= 4 is 16.9 Å². The van der Waals surface area contributed by atoms with E-state index in [1.807, 2.05) is 12.1 Å². The minimum atomic E-state index is 0.737. The Hall–Kier alpha value is -2.37. The third kappa shape index (κ3) is 1.96. The molecule has 0 amide bonds. The summed E-state index contributed by atoms with van der Waals surface area (Å²) in [5.41, 5.74) is 0.737. The van der Waals surface area contributed by atoms with Crippen molar-refractivity contribution in [3.63, 3.8) is 0 Å². The maximum atomic E-state index is 5.25. The Morgan fingerprint density at radius 2 is 2.35 bits per heavy atom. The number of furan rings is 1. The van der Waals surface area contributed by atoms with E-state index in [0.29, 0.717) is 0 Å². The van der Waals surface area contributed by atoms with Crippen LogP contribution in [0, 0.1) is 0 Å². The first-order chi connectivity index (χ1) is 8.43. The van der Waals surface area contributed by atoms with Crippen molar-refractivity contribution in [1.29, 1.82) is 0 Å². The number of hydrogen-bond acceptors (Lipinski definition) is 5. The fourth-order valence-corrected chi connectivity index (χ4v) is 1.66. The van der Waals surface area contributed by atoms with Crippen molar-refractivity contribution in [3.05, 3.63) is 36.7 Å². The average Bonchev–Trinajstić information content (AvgIpc) is 2.99. The Kier molecular flexibility index (Phi) is 2.45. The Morgan fingerprint density at radius 3 is 3.24 bits per heavy atom. The van der Waals surface area contributed by atoms with Crippen LogP contribution < -0.4 is 5.32 Å². The fraction of sp³-hybridized carbons (Fsp3) is 0.182. The van der Waals surface area contributed by atoms with Crippen LogP contribution in [0.2, 0.25) is 0 Å². The van der Waals surface area contributed by atoms with Gasteiger partial charge in [-0.15, -0.1) is 0 Å². The molecule has 0 radical (unpaired) electrons. The van der Waals surface area contributed by atoms with Crippen LogP contribution in [-0.4, -0.2) is 26.7 Å². The number of rotatable bonds is 4. The van der Waals surface area contributed by atoms with Crippen molar-refractivity contribution in [2.75, 3.05) is 11.9 Å². The summed E-state index contributed by atoms with van der Waals surface area (Å²) in [7, 11) is 0. The largest absolute Gasteiger partial charge is 0.469 e. The van der Waals surface area contributed by atoms with Gasteiger partial charge in [0.25, 0.3) is 0 Å². The smallest absolute Gasteiger partial charge is 0.160 e. The molecule has 3 heterocycles. The molecule has 0 fully saturated rings. The van der Waals surface area contributed by atoms with Crippen molar-refractivity contribution in [1.82, 2.24) is 20.2 Å². The summed E-state index contributed by atoms with van der Waals surface area (Å²) in [5.74, 6) is 1.74. The zero-order valence-corrected chi connectivity index (χ0v) is 9.05. The second-order valence-corrected chi connectivity index (χ2v) is 3.61. The quantitative estimate of drug-likeness (QED) is 0.710. The first kappa shape index (κ1) is 9.83. The SMILES string of the molecule is c1coc(CCNc2ncnc3[nH]ncc23)c1. The molecule has 6 nitrogen and oxygen atoms in total. The highest BCUT2D eigenvalue weighted by molar-refractivity contribution is 5.85. The molecule has 3 aromatic rings. The van der Waals surface area contributed by atoms with E-state index >= 15 is 0 Å². The molecule has 0 saturated heterocycles. The van der Waals surface area contributed by atoms with Crippen LogP contribution in [0.25, 0.3) is 11.0 Å². The van der Waals surface area contributed by atoms with Crippen LogP contribution in [0.4, 0.5) is 5.82 Å². The highest BCUT2D eigenvalue weighted by atomic mass is 16.3. The molecule has 3 aromatic heterocycles. The van der Waals surface area contributed by atoms with E-state index < -0.39 is 0 Å². The predicted octanol–water partition coefficient (Wildman–Crippen LogP) is 1.60. The summed E-state index contributed by atoms with van der Waals surface area (Å²) in [4.78, 5) is 8.26. The van der Waals surface area contributed by atoms with Gasteiger partial charge < -0.3 is 9.73 Å². The van der Waals surface area contributed by atoms with Crippen LogP contribution in [0.1, 0.15) is 5.76 Å². The number of anilines is 1. The lowest BCUT2D eigenvalue weighted by Gasteiger charge is -2.04. The summed E-state index contributed by atoms with van der Waals surface area (Å²) < 4.78 is 5.25. The minimum absolute atomic E-state index is 0.737. The monoisotopic (exact) mass is 229 g/mol. The van der Waals surface area contributed by atoms with Gasteiger partial charge in [0, 0.05) is 13.0 Å². The summed E-state index contributed by atoms with van der Waals surface area (Å²) in [6.07, 6.45) is 5.71. The topological polar surface area (TPSA) is 79.6 Å². The summed E-state index contributed by atoms with van der Waals surface area (Å²) in [6, 6.07) is 3.84. The minimum Gasteiger partial charge on any atom is -0.469 e. The predicted molar refractivity (Wildman–Crippen MR) is 62.6 cm³/mol. The van der Waals surface area contributed by atoms with Gasteiger partial charge in [-0.3, -0.25) is 5.10 Å². The van der Waals surface area contributed by atoms with Gasteiger partial charge in [0.1, 0.15) is 17.9 Å². The van der Waals surface area contributed by atoms with Crippen molar-refractivity contribution in [2.24, 2.45) is 0 Å². The molecule has 0 atom stereocenters. The maximum Gasteiger partial charge on any atom is 0.160 e. The molecule has 0 aliphatic carbocycles. The standard InChI is InChI=1S/C11H11N5O/c1-2-8(17-5-1)3-4-12-10-9-6-15-16-11(9)14-7-13-10/h1-2,5-7H,3-4H2,(H2,12,13,14,15,16). The van der Waals surface area contributed by atoms with Crippen LogP contribution >= 0.6 is 0 Å². The average molecular weight is 229 g/mol. The maximum absolute atomic E-state index is 5.25. The van der Waals surface area contributed by atoms with Gasteiger partial charge in [-0.25, -0.2) is 9.97 Å². The molecule has 0 aliphatic rings. The Morgan fingerprint density at radius 1 is 1.35 bits per heavy atom. The number of nitrogens with zero attached hydrogens (tertiary/aromatic N) is 3. The molecule has 0 bridgehead atoms. The molecule has 3 rings (SSSR count). The van der Waals surface area contributed by atoms with Crippen LogP contribution in [0.15, 0.2) is 35.3 Å². The molecule has 6 heteroatoms. The number of aromatic amines is 1. The third-order valence-electron chi connectivity index (χ3n) is 2.49. The molecule has 86 valence electrons. The highest BCUT2D eigenvalue weighted by Gasteiger charge is 2.04. The second-order valence-electron chi connectivity index (χ2n) is 3.61. The third-order valence-corrected chi connectivity index (χ3v) is 2.49. The fourth-order valence-electron chi connectivity index (χ4n) is 1.66. The molecule has 0 saturated carbocycles. The lowest BCUT2D eigenvalue weighted by atomic mass is 10.3. The highest BCUT2D eigenvalue weighted by Crippen LogP contribution is 2.15. The van der Waals surface area contributed by atoms with E-state index in [2.05, 4.69) is 25.5 Å². The first-order valence-electron chi connectivity index (χ1n) is 5.34. The number of hydrogen-bond donors (Lipinski definition) is 2. The number of nitrogens with one attached hydrogen (secondary N) is 2. The number of aromatic nitrogens is 4. The molecule has 0 spiro atoms. The van der Waals surface area contributed by atoms with Gasteiger partial charge in [0.2, 0.25) is 0 Å². The zero-order chi connectivity index (χ0) is 11.5. The van der Waals surface area contributed by atoms with E-state index in [1.165, 1.54) is 6.33 Å². The van der Waals surface area contributed by atoms with Gasteiger partial charge in [-0.1, -0.05) is 0 Å². The lowest BCUT2D eigenvalue weighted by Crippen LogP contribution is -2.06. The van der Waals surface area contributed by atoms with Gasteiger partial charge in [0.15, 0.2) is 5.65 Å². The molecule has 2 N–H and O–H groups in total. The molecule has 17 heavy (non-hydrogen) atoms. The summed E-state index contributed by atoms with van der Waals surface area (Å²) in [6.45, 7) is 0.755. The number of fused-ring (bicyclic) bond motifs is 1. The zero-order valence-electron chi connectivity index (χ0n) is 9.05. The Balaban J connectivity index is 1.70. The van der Waals surface area contributed by atoms with E-state index in [9.17, 15) is 0 Å².